The van der Waals surface area contributed by atoms with Gasteiger partial charge in [0.1, 0.15) is 0 Å². The fourth-order valence-corrected chi connectivity index (χ4v) is 3.54. The fraction of sp³-hybridized carbons (Fsp3) is 0.958. The lowest BCUT2D eigenvalue weighted by molar-refractivity contribution is -0.149. The lowest BCUT2D eigenvalue weighted by Gasteiger charge is -2.14. The zero-order valence-corrected chi connectivity index (χ0v) is 18.3. The summed E-state index contributed by atoms with van der Waals surface area (Å²) in [6.45, 7) is 7.26. The summed E-state index contributed by atoms with van der Waals surface area (Å²) in [6, 6.07) is 0. The van der Waals surface area contributed by atoms with Crippen molar-refractivity contribution in [2.75, 3.05) is 6.61 Å². The van der Waals surface area contributed by atoms with Gasteiger partial charge in [-0.05, 0) is 19.3 Å². The van der Waals surface area contributed by atoms with Crippen molar-refractivity contribution in [2.45, 2.75) is 136 Å². The van der Waals surface area contributed by atoms with Crippen molar-refractivity contribution in [3.8, 4) is 0 Å². The highest BCUT2D eigenvalue weighted by Gasteiger charge is 2.17. The lowest BCUT2D eigenvalue weighted by Crippen LogP contribution is -2.17. The number of carbonyl (C=O) groups is 1. The van der Waals surface area contributed by atoms with Crippen LogP contribution in [0.2, 0.25) is 0 Å². The molecule has 0 spiro atoms. The van der Waals surface area contributed by atoms with Crippen molar-refractivity contribution >= 4 is 5.97 Å². The monoisotopic (exact) mass is 368 g/mol. The first kappa shape index (κ1) is 25.5. The molecule has 1 atom stereocenters. The molecule has 0 fully saturated rings. The summed E-state index contributed by atoms with van der Waals surface area (Å²) in [4.78, 5) is 12.2. The molecule has 2 nitrogen and oxygen atoms in total. The van der Waals surface area contributed by atoms with Crippen LogP contribution in [0.3, 0.4) is 0 Å². The average Bonchev–Trinajstić information content (AvgIpc) is 2.65. The van der Waals surface area contributed by atoms with Gasteiger partial charge < -0.3 is 4.74 Å². The molecule has 0 aromatic heterocycles. The third-order valence-electron chi connectivity index (χ3n) is 5.47. The molecule has 0 aromatic carbocycles. The van der Waals surface area contributed by atoms with Crippen molar-refractivity contribution < 1.29 is 9.53 Å². The van der Waals surface area contributed by atoms with Gasteiger partial charge in [0.15, 0.2) is 0 Å². The highest BCUT2D eigenvalue weighted by atomic mass is 16.5. The smallest absolute Gasteiger partial charge is 0.308 e. The summed E-state index contributed by atoms with van der Waals surface area (Å²) in [5.74, 6) is 0.183. The van der Waals surface area contributed by atoms with Crippen molar-refractivity contribution in [3.63, 3.8) is 0 Å². The van der Waals surface area contributed by atoms with Crippen molar-refractivity contribution in [2.24, 2.45) is 5.92 Å². The van der Waals surface area contributed by atoms with E-state index >= 15 is 0 Å². The Morgan fingerprint density at radius 1 is 0.615 bits per heavy atom. The summed E-state index contributed by atoms with van der Waals surface area (Å²) < 4.78 is 5.52. The third kappa shape index (κ3) is 16.9. The van der Waals surface area contributed by atoms with Crippen LogP contribution in [0.5, 0.6) is 0 Å². The fourth-order valence-electron chi connectivity index (χ4n) is 3.54. The molecule has 26 heavy (non-hydrogen) atoms. The molecule has 0 aliphatic rings. The molecule has 2 heteroatoms. The highest BCUT2D eigenvalue weighted by Crippen LogP contribution is 2.17. The van der Waals surface area contributed by atoms with E-state index in [1.54, 1.807) is 0 Å². The molecule has 0 aliphatic heterocycles. The van der Waals surface area contributed by atoms with Crippen LogP contribution in [0.15, 0.2) is 0 Å². The number of hydrogen-bond donors (Lipinski definition) is 0. The van der Waals surface area contributed by atoms with E-state index in [-0.39, 0.29) is 11.9 Å². The van der Waals surface area contributed by atoms with Crippen LogP contribution in [0, 0.1) is 5.92 Å². The zero-order valence-electron chi connectivity index (χ0n) is 18.3. The summed E-state index contributed by atoms with van der Waals surface area (Å²) in [5.41, 5.74) is 0. The van der Waals surface area contributed by atoms with E-state index in [0.29, 0.717) is 6.61 Å². The second-order valence-electron chi connectivity index (χ2n) is 8.01. The third-order valence-corrected chi connectivity index (χ3v) is 5.47. The molecule has 156 valence electrons. The lowest BCUT2D eigenvalue weighted by atomic mass is 9.98. The second kappa shape index (κ2) is 20.8. The normalized spacial score (nSPS) is 12.3. The highest BCUT2D eigenvalue weighted by molar-refractivity contribution is 5.72. The SMILES string of the molecule is CCCCCCCCCCOC(=O)C(CC)CCCCCCCCCC. The first-order valence-electron chi connectivity index (χ1n) is 11.9. The van der Waals surface area contributed by atoms with Crippen molar-refractivity contribution in [1.82, 2.24) is 0 Å². The zero-order chi connectivity index (χ0) is 19.3. The minimum absolute atomic E-state index is 0.0541. The van der Waals surface area contributed by atoms with E-state index in [4.69, 9.17) is 4.74 Å². The van der Waals surface area contributed by atoms with Crippen LogP contribution in [-0.4, -0.2) is 12.6 Å². The van der Waals surface area contributed by atoms with Crippen LogP contribution < -0.4 is 0 Å². The summed E-state index contributed by atoms with van der Waals surface area (Å²) in [7, 11) is 0. The summed E-state index contributed by atoms with van der Waals surface area (Å²) >= 11 is 0. The molecule has 0 radical (unpaired) electrons. The Morgan fingerprint density at radius 2 is 1.04 bits per heavy atom. The average molecular weight is 369 g/mol. The molecule has 0 amide bonds. The molecular weight excluding hydrogens is 320 g/mol. The predicted octanol–water partition coefficient (Wildman–Crippen LogP) is 8.23. The van der Waals surface area contributed by atoms with Gasteiger partial charge in [0, 0.05) is 0 Å². The Labute approximate surface area is 164 Å². The van der Waals surface area contributed by atoms with Gasteiger partial charge >= 0.3 is 5.97 Å². The van der Waals surface area contributed by atoms with Crippen molar-refractivity contribution in [3.05, 3.63) is 0 Å². The van der Waals surface area contributed by atoms with E-state index < -0.39 is 0 Å². The molecule has 0 aliphatic carbocycles. The van der Waals surface area contributed by atoms with Gasteiger partial charge in [0.25, 0.3) is 0 Å². The van der Waals surface area contributed by atoms with Gasteiger partial charge in [0.05, 0.1) is 12.5 Å². The van der Waals surface area contributed by atoms with E-state index in [0.717, 1.165) is 19.3 Å². The number of carbonyl (C=O) groups excluding carboxylic acids is 1. The van der Waals surface area contributed by atoms with Crippen LogP contribution in [0.25, 0.3) is 0 Å². The second-order valence-corrected chi connectivity index (χ2v) is 8.01. The van der Waals surface area contributed by atoms with E-state index in [2.05, 4.69) is 20.8 Å². The van der Waals surface area contributed by atoms with E-state index in [9.17, 15) is 4.79 Å². The molecule has 0 rings (SSSR count). The molecule has 0 saturated carbocycles. The van der Waals surface area contributed by atoms with Crippen LogP contribution in [0.4, 0.5) is 0 Å². The first-order chi connectivity index (χ1) is 12.8. The van der Waals surface area contributed by atoms with Gasteiger partial charge in [-0.1, -0.05) is 117 Å². The predicted molar refractivity (Wildman–Crippen MR) is 115 cm³/mol. The maximum atomic E-state index is 12.2. The first-order valence-corrected chi connectivity index (χ1v) is 11.9. The summed E-state index contributed by atoms with van der Waals surface area (Å²) in [6.07, 6.45) is 22.8. The quantitative estimate of drug-likeness (QED) is 0.160. The van der Waals surface area contributed by atoms with Gasteiger partial charge in [0.2, 0.25) is 0 Å². The molecule has 0 saturated heterocycles. The van der Waals surface area contributed by atoms with Crippen LogP contribution >= 0.6 is 0 Å². The van der Waals surface area contributed by atoms with Gasteiger partial charge in [-0.2, -0.15) is 0 Å². The number of rotatable bonds is 20. The minimum atomic E-state index is 0.0541. The maximum absolute atomic E-state index is 12.2. The van der Waals surface area contributed by atoms with Gasteiger partial charge in [-0.25, -0.2) is 0 Å². The Kier molecular flexibility index (Phi) is 20.4. The minimum Gasteiger partial charge on any atom is -0.465 e. The van der Waals surface area contributed by atoms with Crippen LogP contribution in [-0.2, 0) is 9.53 Å². The Hall–Kier alpha value is -0.530. The van der Waals surface area contributed by atoms with Gasteiger partial charge in [-0.15, -0.1) is 0 Å². The van der Waals surface area contributed by atoms with Crippen LogP contribution in [0.1, 0.15) is 136 Å². The number of esters is 1. The van der Waals surface area contributed by atoms with Gasteiger partial charge in [-0.3, -0.25) is 4.79 Å². The number of ether oxygens (including phenoxy) is 1. The van der Waals surface area contributed by atoms with E-state index in [1.165, 1.54) is 96.3 Å². The standard InChI is InChI=1S/C24H48O2/c1-4-7-9-11-13-15-17-19-21-23(6-3)24(25)26-22-20-18-16-14-12-10-8-5-2/h23H,4-22H2,1-3H3. The molecule has 0 aromatic rings. The van der Waals surface area contributed by atoms with Crippen molar-refractivity contribution in [1.29, 1.82) is 0 Å². The van der Waals surface area contributed by atoms with E-state index in [1.807, 2.05) is 0 Å². The summed E-state index contributed by atoms with van der Waals surface area (Å²) in [5, 5.41) is 0. The topological polar surface area (TPSA) is 26.3 Å². The largest absolute Gasteiger partial charge is 0.465 e. The Morgan fingerprint density at radius 3 is 1.50 bits per heavy atom. The maximum Gasteiger partial charge on any atom is 0.308 e. The molecule has 0 heterocycles. The molecule has 1 unspecified atom stereocenters. The Bertz CT molecular complexity index is 288. The number of unbranched alkanes of at least 4 members (excludes halogenated alkanes) is 14. The number of hydrogen-bond acceptors (Lipinski definition) is 2. The molecule has 0 bridgehead atoms. The molecular formula is C24H48O2. The Balaban J connectivity index is 3.50. The molecule has 0 N–H and O–H groups in total.